The minimum atomic E-state index is -0.105. The van der Waals surface area contributed by atoms with Crippen molar-refractivity contribution >= 4 is 5.91 Å². The van der Waals surface area contributed by atoms with Gasteiger partial charge in [0.15, 0.2) is 0 Å². The van der Waals surface area contributed by atoms with Crippen molar-refractivity contribution in [3.63, 3.8) is 0 Å². The van der Waals surface area contributed by atoms with E-state index in [4.69, 9.17) is 5.73 Å². The van der Waals surface area contributed by atoms with Crippen LogP contribution < -0.4 is 5.73 Å². The molecule has 1 fully saturated rings. The van der Waals surface area contributed by atoms with Crippen LogP contribution in [0.2, 0.25) is 0 Å². The Hall–Kier alpha value is -1.35. The molecule has 2 rings (SSSR count). The Bertz CT molecular complexity index is 551. The minimum Gasteiger partial charge on any atom is -0.369 e. The quantitative estimate of drug-likeness (QED) is 0.392. The third kappa shape index (κ3) is 8.90. The topological polar surface area (TPSA) is 46.3 Å². The van der Waals surface area contributed by atoms with E-state index >= 15 is 0 Å². The number of hydrogen-bond acceptors (Lipinski definition) is 2. The van der Waals surface area contributed by atoms with Gasteiger partial charge in [-0.25, -0.2) is 0 Å². The zero-order valence-electron chi connectivity index (χ0n) is 19.0. The lowest BCUT2D eigenvalue weighted by atomic mass is 9.87. The zero-order chi connectivity index (χ0) is 20.9. The van der Waals surface area contributed by atoms with Gasteiger partial charge in [0.2, 0.25) is 5.91 Å². The third-order valence-corrected chi connectivity index (χ3v) is 6.91. The number of primary amides is 1. The van der Waals surface area contributed by atoms with Crippen LogP contribution in [0.1, 0.15) is 90.0 Å². The van der Waals surface area contributed by atoms with E-state index in [0.29, 0.717) is 0 Å². The van der Waals surface area contributed by atoms with Crippen LogP contribution in [0.3, 0.4) is 0 Å². The molecule has 3 nitrogen and oxygen atoms in total. The molecule has 0 radical (unpaired) electrons. The molecule has 0 bridgehead atoms. The van der Waals surface area contributed by atoms with Crippen molar-refractivity contribution in [3.8, 4) is 0 Å². The molecule has 2 N–H and O–H groups in total. The summed E-state index contributed by atoms with van der Waals surface area (Å²) in [6.45, 7) is 6.67. The maximum atomic E-state index is 12.1. The molecular formula is C26H44N2O. The smallest absolute Gasteiger partial charge is 0.222 e. The molecule has 0 saturated carbocycles. The van der Waals surface area contributed by atoms with Crippen molar-refractivity contribution < 1.29 is 4.79 Å². The van der Waals surface area contributed by atoms with Crippen LogP contribution in [0.25, 0.3) is 0 Å². The van der Waals surface area contributed by atoms with E-state index in [9.17, 15) is 4.79 Å². The second-order valence-electron chi connectivity index (χ2n) is 9.18. The van der Waals surface area contributed by atoms with Crippen molar-refractivity contribution in [2.75, 3.05) is 13.1 Å². The second kappa shape index (κ2) is 13.8. The Balaban J connectivity index is 1.68. The predicted octanol–water partition coefficient (Wildman–Crippen LogP) is 5.96. The van der Waals surface area contributed by atoms with Gasteiger partial charge in [-0.3, -0.25) is 9.69 Å². The first-order valence-corrected chi connectivity index (χ1v) is 12.2. The summed E-state index contributed by atoms with van der Waals surface area (Å²) < 4.78 is 0. The normalized spacial score (nSPS) is 17.9. The summed E-state index contributed by atoms with van der Waals surface area (Å²) in [5.41, 5.74) is 7.25. The number of carbonyl (C=O) groups excluding carboxylic acids is 1. The van der Waals surface area contributed by atoms with Gasteiger partial charge in [-0.1, -0.05) is 88.6 Å². The number of nitrogens with two attached hydrogens (primary N) is 1. The summed E-state index contributed by atoms with van der Waals surface area (Å²) in [6, 6.07) is 11.1. The third-order valence-electron chi connectivity index (χ3n) is 6.91. The Morgan fingerprint density at radius 1 is 1.00 bits per heavy atom. The largest absolute Gasteiger partial charge is 0.369 e. The average Bonchev–Trinajstić information content (AvgIpc) is 2.73. The number of carbonyl (C=O) groups is 1. The number of nitrogens with zero attached hydrogens (tertiary/aromatic N) is 1. The van der Waals surface area contributed by atoms with Gasteiger partial charge in [0.1, 0.15) is 0 Å². The van der Waals surface area contributed by atoms with E-state index in [1.165, 1.54) is 69.8 Å². The van der Waals surface area contributed by atoms with E-state index in [0.717, 1.165) is 31.8 Å². The zero-order valence-corrected chi connectivity index (χ0v) is 19.0. The molecule has 1 heterocycles. The highest BCUT2D eigenvalue weighted by molar-refractivity contribution is 5.77. The van der Waals surface area contributed by atoms with Crippen LogP contribution in [0.4, 0.5) is 0 Å². The van der Waals surface area contributed by atoms with Crippen molar-refractivity contribution in [3.05, 3.63) is 35.9 Å². The standard InChI is InChI=1S/C26H44N2O/c1-3-4-5-6-7-8-9-13-16-25(26(27)29)22(2)28-19-17-24(18-20-28)21-23-14-11-10-12-15-23/h10-12,14-15,22,24-25H,3-9,13,16-21H2,1-2H3,(H2,27,29). The summed E-state index contributed by atoms with van der Waals surface area (Å²) in [4.78, 5) is 14.6. The molecule has 3 heteroatoms. The molecule has 1 aliphatic heterocycles. The summed E-state index contributed by atoms with van der Waals surface area (Å²) in [5.74, 6) is 0.660. The van der Waals surface area contributed by atoms with Crippen molar-refractivity contribution in [2.24, 2.45) is 17.6 Å². The van der Waals surface area contributed by atoms with Gasteiger partial charge in [0.05, 0.1) is 5.92 Å². The number of unbranched alkanes of at least 4 members (excludes halogenated alkanes) is 7. The molecule has 0 spiro atoms. The first-order chi connectivity index (χ1) is 14.1. The summed E-state index contributed by atoms with van der Waals surface area (Å²) in [7, 11) is 0. The van der Waals surface area contributed by atoms with E-state index in [1.54, 1.807) is 0 Å². The van der Waals surface area contributed by atoms with Crippen molar-refractivity contribution in [1.29, 1.82) is 0 Å². The number of likely N-dealkylation sites (tertiary alicyclic amines) is 1. The summed E-state index contributed by atoms with van der Waals surface area (Å²) in [5, 5.41) is 0. The van der Waals surface area contributed by atoms with Gasteiger partial charge >= 0.3 is 0 Å². The molecule has 0 aromatic heterocycles. The SMILES string of the molecule is CCCCCCCCCCC(C(N)=O)C(C)N1CCC(Cc2ccccc2)CC1. The molecule has 1 saturated heterocycles. The number of benzene rings is 1. The van der Waals surface area contributed by atoms with Gasteiger partial charge in [0.25, 0.3) is 0 Å². The highest BCUT2D eigenvalue weighted by Crippen LogP contribution is 2.26. The van der Waals surface area contributed by atoms with Crippen LogP contribution in [0.5, 0.6) is 0 Å². The molecule has 0 aliphatic carbocycles. The highest BCUT2D eigenvalue weighted by atomic mass is 16.1. The Morgan fingerprint density at radius 3 is 2.17 bits per heavy atom. The molecule has 1 aromatic carbocycles. The maximum Gasteiger partial charge on any atom is 0.222 e. The molecule has 29 heavy (non-hydrogen) atoms. The van der Waals surface area contributed by atoms with Crippen molar-refractivity contribution in [2.45, 2.75) is 96.9 Å². The number of rotatable bonds is 14. The highest BCUT2D eigenvalue weighted by Gasteiger charge is 2.30. The minimum absolute atomic E-state index is 0.000708. The molecule has 2 atom stereocenters. The summed E-state index contributed by atoms with van der Waals surface area (Å²) in [6.07, 6.45) is 15.0. The molecule has 1 aromatic rings. The van der Waals surface area contributed by atoms with Crippen LogP contribution >= 0.6 is 0 Å². The van der Waals surface area contributed by atoms with Gasteiger partial charge < -0.3 is 5.73 Å². The molecule has 2 unspecified atom stereocenters. The van der Waals surface area contributed by atoms with Crippen LogP contribution in [0, 0.1) is 11.8 Å². The fraction of sp³-hybridized carbons (Fsp3) is 0.731. The Labute approximate surface area is 179 Å². The van der Waals surface area contributed by atoms with Gasteiger partial charge in [-0.05, 0) is 57.2 Å². The van der Waals surface area contributed by atoms with Crippen molar-refractivity contribution in [1.82, 2.24) is 4.90 Å². The lowest BCUT2D eigenvalue weighted by Crippen LogP contribution is -2.47. The van der Waals surface area contributed by atoms with Gasteiger partial charge in [-0.2, -0.15) is 0 Å². The molecular weight excluding hydrogens is 356 g/mol. The Morgan fingerprint density at radius 2 is 1.59 bits per heavy atom. The number of piperidine rings is 1. The van der Waals surface area contributed by atoms with E-state index in [1.807, 2.05) is 0 Å². The van der Waals surface area contributed by atoms with E-state index in [-0.39, 0.29) is 17.9 Å². The fourth-order valence-corrected chi connectivity index (χ4v) is 4.89. The second-order valence-corrected chi connectivity index (χ2v) is 9.18. The number of amides is 1. The molecule has 1 amide bonds. The maximum absolute atomic E-state index is 12.1. The van der Waals surface area contributed by atoms with Gasteiger partial charge in [-0.15, -0.1) is 0 Å². The van der Waals surface area contributed by atoms with E-state index < -0.39 is 0 Å². The number of hydrogen-bond donors (Lipinski definition) is 1. The van der Waals surface area contributed by atoms with Gasteiger partial charge in [0, 0.05) is 6.04 Å². The van der Waals surface area contributed by atoms with Crippen LogP contribution in [-0.2, 0) is 11.2 Å². The first kappa shape index (κ1) is 23.9. The summed E-state index contributed by atoms with van der Waals surface area (Å²) >= 11 is 0. The monoisotopic (exact) mass is 400 g/mol. The van der Waals surface area contributed by atoms with E-state index in [2.05, 4.69) is 49.1 Å². The lowest BCUT2D eigenvalue weighted by molar-refractivity contribution is -0.124. The first-order valence-electron chi connectivity index (χ1n) is 12.2. The predicted molar refractivity (Wildman–Crippen MR) is 124 cm³/mol. The molecule has 164 valence electrons. The van der Waals surface area contributed by atoms with Crippen LogP contribution in [0.15, 0.2) is 30.3 Å². The Kier molecular flexibility index (Phi) is 11.4. The average molecular weight is 401 g/mol. The fourth-order valence-electron chi connectivity index (χ4n) is 4.89. The molecule has 1 aliphatic rings. The lowest BCUT2D eigenvalue weighted by Gasteiger charge is -2.38. The van der Waals surface area contributed by atoms with Crippen LogP contribution in [-0.4, -0.2) is 29.9 Å².